The lowest BCUT2D eigenvalue weighted by atomic mass is 10.1. The van der Waals surface area contributed by atoms with Crippen LogP contribution in [0.5, 0.6) is 5.75 Å². The van der Waals surface area contributed by atoms with Gasteiger partial charge in [-0.05, 0) is 42.5 Å². The molecule has 3 rings (SSSR count). The molecule has 6 heteroatoms. The third kappa shape index (κ3) is 5.81. The van der Waals surface area contributed by atoms with Crippen molar-refractivity contribution < 1.29 is 18.7 Å². The second kappa shape index (κ2) is 10.6. The topological polar surface area (TPSA) is 58.6 Å². The molecule has 3 aromatic rings. The molecule has 0 fully saturated rings. The van der Waals surface area contributed by atoms with E-state index in [1.54, 1.807) is 19.1 Å². The second-order valence-electron chi connectivity index (χ2n) is 7.38. The van der Waals surface area contributed by atoms with Crippen LogP contribution in [0.1, 0.15) is 25.8 Å². The molecule has 2 amide bonds. The lowest BCUT2D eigenvalue weighted by molar-refractivity contribution is -0.142. The number of hydrogen-bond acceptors (Lipinski definition) is 3. The van der Waals surface area contributed by atoms with Crippen molar-refractivity contribution in [1.82, 2.24) is 10.2 Å². The first-order valence-electron chi connectivity index (χ1n) is 10.4. The van der Waals surface area contributed by atoms with Gasteiger partial charge >= 0.3 is 0 Å². The Balaban J connectivity index is 1.77. The maximum absolute atomic E-state index is 13.3. The predicted octanol–water partition coefficient (Wildman–Crippen LogP) is 4.30. The zero-order valence-corrected chi connectivity index (χ0v) is 17.8. The Bertz CT molecular complexity index is 1030. The van der Waals surface area contributed by atoms with Gasteiger partial charge in [-0.2, -0.15) is 0 Å². The molecule has 5 nitrogen and oxygen atoms in total. The van der Waals surface area contributed by atoms with Gasteiger partial charge in [0.2, 0.25) is 5.91 Å². The standard InChI is InChI=1S/C25H27FN2O3/c1-3-15-27-25(30)18(2)28(16-19-11-13-21(26)14-12-19)24(29)17-31-23-10-6-8-20-7-4-5-9-22(20)23/h4-14,18H,3,15-17H2,1-2H3,(H,27,30)/t18-/m0/s1. The Morgan fingerprint density at radius 1 is 1.03 bits per heavy atom. The number of fused-ring (bicyclic) bond motifs is 1. The summed E-state index contributed by atoms with van der Waals surface area (Å²) >= 11 is 0. The number of ether oxygens (including phenoxy) is 1. The monoisotopic (exact) mass is 422 g/mol. The van der Waals surface area contributed by atoms with Crippen LogP contribution in [0.25, 0.3) is 10.8 Å². The number of hydrogen-bond donors (Lipinski definition) is 1. The van der Waals surface area contributed by atoms with Gasteiger partial charge in [0.05, 0.1) is 0 Å². The molecule has 0 unspecified atom stereocenters. The van der Waals surface area contributed by atoms with Crippen molar-refractivity contribution in [1.29, 1.82) is 0 Å². The molecule has 3 aromatic carbocycles. The van der Waals surface area contributed by atoms with Crippen LogP contribution < -0.4 is 10.1 Å². The normalized spacial score (nSPS) is 11.7. The molecule has 0 spiro atoms. The maximum Gasteiger partial charge on any atom is 0.261 e. The van der Waals surface area contributed by atoms with E-state index >= 15 is 0 Å². The van der Waals surface area contributed by atoms with Crippen LogP contribution in [0.2, 0.25) is 0 Å². The summed E-state index contributed by atoms with van der Waals surface area (Å²) in [5.41, 5.74) is 0.732. The van der Waals surface area contributed by atoms with Crippen LogP contribution in [-0.4, -0.2) is 35.9 Å². The summed E-state index contributed by atoms with van der Waals surface area (Å²) in [5, 5.41) is 4.76. The number of rotatable bonds is 9. The third-order valence-electron chi connectivity index (χ3n) is 5.08. The lowest BCUT2D eigenvalue weighted by Gasteiger charge is -2.28. The summed E-state index contributed by atoms with van der Waals surface area (Å²) in [6, 6.07) is 18.6. The smallest absolute Gasteiger partial charge is 0.261 e. The first-order valence-corrected chi connectivity index (χ1v) is 10.4. The summed E-state index contributed by atoms with van der Waals surface area (Å²) in [5.74, 6) is -0.301. The predicted molar refractivity (Wildman–Crippen MR) is 119 cm³/mol. The average Bonchev–Trinajstić information content (AvgIpc) is 2.80. The van der Waals surface area contributed by atoms with Gasteiger partial charge in [-0.15, -0.1) is 0 Å². The van der Waals surface area contributed by atoms with Gasteiger partial charge in [0.1, 0.15) is 17.6 Å². The second-order valence-corrected chi connectivity index (χ2v) is 7.38. The van der Waals surface area contributed by atoms with Gasteiger partial charge in [-0.25, -0.2) is 4.39 Å². The minimum atomic E-state index is -0.694. The number of benzene rings is 3. The quantitative estimate of drug-likeness (QED) is 0.559. The van der Waals surface area contributed by atoms with Crippen molar-refractivity contribution in [2.45, 2.75) is 32.9 Å². The molecule has 0 saturated carbocycles. The van der Waals surface area contributed by atoms with Crippen molar-refractivity contribution >= 4 is 22.6 Å². The molecule has 0 aliphatic rings. The highest BCUT2D eigenvalue weighted by atomic mass is 19.1. The average molecular weight is 423 g/mol. The van der Waals surface area contributed by atoms with Gasteiger partial charge in [0, 0.05) is 18.5 Å². The van der Waals surface area contributed by atoms with E-state index in [1.165, 1.54) is 17.0 Å². The number of nitrogens with zero attached hydrogens (tertiary/aromatic N) is 1. The molecule has 1 atom stereocenters. The molecule has 0 heterocycles. The van der Waals surface area contributed by atoms with Gasteiger partial charge in [0.15, 0.2) is 6.61 Å². The Kier molecular flexibility index (Phi) is 7.60. The first kappa shape index (κ1) is 22.3. The van der Waals surface area contributed by atoms with Gasteiger partial charge in [-0.1, -0.05) is 55.5 Å². The van der Waals surface area contributed by atoms with E-state index in [1.807, 2.05) is 49.4 Å². The van der Waals surface area contributed by atoms with Gasteiger partial charge in [0.25, 0.3) is 5.91 Å². The van der Waals surface area contributed by atoms with E-state index in [4.69, 9.17) is 4.74 Å². The van der Waals surface area contributed by atoms with E-state index in [0.29, 0.717) is 12.3 Å². The van der Waals surface area contributed by atoms with Crippen LogP contribution in [0.3, 0.4) is 0 Å². The maximum atomic E-state index is 13.3. The third-order valence-corrected chi connectivity index (χ3v) is 5.08. The Morgan fingerprint density at radius 3 is 2.48 bits per heavy atom. The minimum Gasteiger partial charge on any atom is -0.483 e. The van der Waals surface area contributed by atoms with Gasteiger partial charge < -0.3 is 15.0 Å². The number of carbonyl (C=O) groups is 2. The SMILES string of the molecule is CCCNC(=O)[C@H](C)N(Cc1ccc(F)cc1)C(=O)COc1cccc2ccccc12. The van der Waals surface area contributed by atoms with E-state index in [0.717, 1.165) is 22.8 Å². The molecule has 0 bridgehead atoms. The van der Waals surface area contributed by atoms with Crippen LogP contribution in [0.15, 0.2) is 66.7 Å². The van der Waals surface area contributed by atoms with E-state index in [2.05, 4.69) is 5.32 Å². The van der Waals surface area contributed by atoms with Gasteiger partial charge in [-0.3, -0.25) is 9.59 Å². The fraction of sp³-hybridized carbons (Fsp3) is 0.280. The van der Waals surface area contributed by atoms with Crippen molar-refractivity contribution in [3.05, 3.63) is 78.1 Å². The first-order chi connectivity index (χ1) is 15.0. The molecule has 0 saturated heterocycles. The lowest BCUT2D eigenvalue weighted by Crippen LogP contribution is -2.49. The Morgan fingerprint density at radius 2 is 1.74 bits per heavy atom. The van der Waals surface area contributed by atoms with Crippen molar-refractivity contribution in [3.8, 4) is 5.75 Å². The zero-order chi connectivity index (χ0) is 22.2. The highest BCUT2D eigenvalue weighted by Crippen LogP contribution is 2.25. The molecular formula is C25H27FN2O3. The zero-order valence-electron chi connectivity index (χ0n) is 17.8. The highest BCUT2D eigenvalue weighted by Gasteiger charge is 2.26. The summed E-state index contributed by atoms with van der Waals surface area (Å²) < 4.78 is 19.1. The number of halogens is 1. The van der Waals surface area contributed by atoms with Crippen molar-refractivity contribution in [2.75, 3.05) is 13.2 Å². The van der Waals surface area contributed by atoms with E-state index < -0.39 is 6.04 Å². The molecule has 0 aromatic heterocycles. The Hall–Kier alpha value is -3.41. The molecule has 0 radical (unpaired) electrons. The molecule has 0 aliphatic heterocycles. The summed E-state index contributed by atoms with van der Waals surface area (Å²) in [6.45, 7) is 4.16. The van der Waals surface area contributed by atoms with Crippen LogP contribution in [0.4, 0.5) is 4.39 Å². The number of amides is 2. The highest BCUT2D eigenvalue weighted by molar-refractivity contribution is 5.90. The van der Waals surface area contributed by atoms with E-state index in [9.17, 15) is 14.0 Å². The molecular weight excluding hydrogens is 395 g/mol. The number of carbonyl (C=O) groups excluding carboxylic acids is 2. The van der Waals surface area contributed by atoms with Crippen LogP contribution >= 0.6 is 0 Å². The fourth-order valence-corrected chi connectivity index (χ4v) is 3.31. The summed E-state index contributed by atoms with van der Waals surface area (Å²) in [7, 11) is 0. The minimum absolute atomic E-state index is 0.179. The van der Waals surface area contributed by atoms with Crippen LogP contribution in [0, 0.1) is 5.82 Å². The van der Waals surface area contributed by atoms with E-state index in [-0.39, 0.29) is 30.8 Å². The summed E-state index contributed by atoms with van der Waals surface area (Å²) in [4.78, 5) is 27.1. The molecule has 0 aliphatic carbocycles. The van der Waals surface area contributed by atoms with Crippen molar-refractivity contribution in [3.63, 3.8) is 0 Å². The van der Waals surface area contributed by atoms with Crippen molar-refractivity contribution in [2.24, 2.45) is 0 Å². The van der Waals surface area contributed by atoms with Crippen LogP contribution in [-0.2, 0) is 16.1 Å². The fourth-order valence-electron chi connectivity index (χ4n) is 3.31. The largest absolute Gasteiger partial charge is 0.483 e. The molecule has 31 heavy (non-hydrogen) atoms. The Labute approximate surface area is 181 Å². The molecule has 162 valence electrons. The summed E-state index contributed by atoms with van der Waals surface area (Å²) in [6.07, 6.45) is 0.800. The molecule has 1 N–H and O–H groups in total. The number of nitrogens with one attached hydrogen (secondary N) is 1.